The van der Waals surface area contributed by atoms with Gasteiger partial charge in [-0.2, -0.15) is 5.10 Å². The summed E-state index contributed by atoms with van der Waals surface area (Å²) in [6, 6.07) is 2.10. The lowest BCUT2D eigenvalue weighted by Crippen LogP contribution is -2.44. The molecule has 108 valence electrons. The summed E-state index contributed by atoms with van der Waals surface area (Å²) < 4.78 is 7.89. The SMILES string of the molecule is CCn1nc(C)cc1COCC1(N)CCCCCC1. The van der Waals surface area contributed by atoms with E-state index in [-0.39, 0.29) is 5.54 Å². The molecular formula is C15H27N3O. The number of nitrogens with zero attached hydrogens (tertiary/aromatic N) is 2. The maximum Gasteiger partial charge on any atom is 0.0885 e. The van der Waals surface area contributed by atoms with Crippen LogP contribution in [0.2, 0.25) is 0 Å². The summed E-state index contributed by atoms with van der Waals surface area (Å²) in [5, 5.41) is 4.43. The zero-order chi connectivity index (χ0) is 13.7. The van der Waals surface area contributed by atoms with Crippen molar-refractivity contribution >= 4 is 0 Å². The molecule has 0 aromatic carbocycles. The van der Waals surface area contributed by atoms with Crippen LogP contribution in [0.3, 0.4) is 0 Å². The number of hydrogen-bond donors (Lipinski definition) is 1. The van der Waals surface area contributed by atoms with Gasteiger partial charge in [0.15, 0.2) is 0 Å². The lowest BCUT2D eigenvalue weighted by molar-refractivity contribution is 0.0628. The van der Waals surface area contributed by atoms with Crippen molar-refractivity contribution in [3.63, 3.8) is 0 Å². The Morgan fingerprint density at radius 1 is 1.32 bits per heavy atom. The van der Waals surface area contributed by atoms with Crippen LogP contribution < -0.4 is 5.73 Å². The van der Waals surface area contributed by atoms with Crippen molar-refractivity contribution in [2.75, 3.05) is 6.61 Å². The molecule has 0 spiro atoms. The van der Waals surface area contributed by atoms with Gasteiger partial charge in [-0.3, -0.25) is 4.68 Å². The van der Waals surface area contributed by atoms with E-state index >= 15 is 0 Å². The molecule has 4 heteroatoms. The van der Waals surface area contributed by atoms with E-state index in [0.717, 1.165) is 30.8 Å². The molecule has 4 nitrogen and oxygen atoms in total. The summed E-state index contributed by atoms with van der Waals surface area (Å²) in [5.41, 5.74) is 8.55. The Bertz CT molecular complexity index is 392. The van der Waals surface area contributed by atoms with Crippen molar-refractivity contribution in [3.05, 3.63) is 17.5 Å². The second-order valence-corrected chi connectivity index (χ2v) is 5.86. The van der Waals surface area contributed by atoms with Crippen LogP contribution in [0.25, 0.3) is 0 Å². The predicted molar refractivity (Wildman–Crippen MR) is 76.9 cm³/mol. The topological polar surface area (TPSA) is 53.1 Å². The first-order chi connectivity index (χ1) is 9.13. The van der Waals surface area contributed by atoms with Crippen molar-refractivity contribution in [1.29, 1.82) is 0 Å². The molecule has 0 saturated heterocycles. The monoisotopic (exact) mass is 265 g/mol. The smallest absolute Gasteiger partial charge is 0.0885 e. The lowest BCUT2D eigenvalue weighted by atomic mass is 9.93. The minimum atomic E-state index is -0.109. The minimum absolute atomic E-state index is 0.109. The highest BCUT2D eigenvalue weighted by molar-refractivity contribution is 5.07. The molecule has 2 N–H and O–H groups in total. The second kappa shape index (κ2) is 6.53. The summed E-state index contributed by atoms with van der Waals surface area (Å²) in [5.74, 6) is 0. The molecule has 1 aromatic rings. The van der Waals surface area contributed by atoms with E-state index in [1.165, 1.54) is 25.7 Å². The van der Waals surface area contributed by atoms with Crippen LogP contribution in [-0.4, -0.2) is 21.9 Å². The molecule has 0 bridgehead atoms. The van der Waals surface area contributed by atoms with E-state index < -0.39 is 0 Å². The van der Waals surface area contributed by atoms with Crippen molar-refractivity contribution < 1.29 is 4.74 Å². The molecular weight excluding hydrogens is 238 g/mol. The maximum absolute atomic E-state index is 6.45. The third-order valence-electron chi connectivity index (χ3n) is 4.02. The predicted octanol–water partition coefficient (Wildman–Crippen LogP) is 2.78. The molecule has 1 heterocycles. The average molecular weight is 265 g/mol. The number of aromatic nitrogens is 2. The zero-order valence-corrected chi connectivity index (χ0v) is 12.3. The van der Waals surface area contributed by atoms with Gasteiger partial charge in [0.25, 0.3) is 0 Å². The first kappa shape index (κ1) is 14.5. The number of nitrogens with two attached hydrogens (primary N) is 1. The van der Waals surface area contributed by atoms with Gasteiger partial charge in [-0.25, -0.2) is 0 Å². The molecule has 0 unspecified atom stereocenters. The van der Waals surface area contributed by atoms with Crippen molar-refractivity contribution in [2.24, 2.45) is 5.73 Å². The standard InChI is InChI=1S/C15H27N3O/c1-3-18-14(10-13(2)17-18)11-19-12-15(16)8-6-4-5-7-9-15/h10H,3-9,11-12,16H2,1-2H3. The number of ether oxygens (including phenoxy) is 1. The Morgan fingerprint density at radius 2 is 2.00 bits per heavy atom. The van der Waals surface area contributed by atoms with Crippen LogP contribution in [-0.2, 0) is 17.9 Å². The summed E-state index contributed by atoms with van der Waals surface area (Å²) in [4.78, 5) is 0. The quantitative estimate of drug-likeness (QED) is 0.833. The fraction of sp³-hybridized carbons (Fsp3) is 0.800. The fourth-order valence-electron chi connectivity index (χ4n) is 2.92. The van der Waals surface area contributed by atoms with Crippen LogP contribution in [0.4, 0.5) is 0 Å². The molecule has 0 aliphatic heterocycles. The maximum atomic E-state index is 6.45. The molecule has 1 fully saturated rings. The average Bonchev–Trinajstić information content (AvgIpc) is 2.59. The van der Waals surface area contributed by atoms with Crippen LogP contribution in [0, 0.1) is 6.92 Å². The molecule has 2 rings (SSSR count). The van der Waals surface area contributed by atoms with Gasteiger partial charge in [0.05, 0.1) is 24.6 Å². The highest BCUT2D eigenvalue weighted by Crippen LogP contribution is 2.25. The Kier molecular flexibility index (Phi) is 4.99. The largest absolute Gasteiger partial charge is 0.373 e. The van der Waals surface area contributed by atoms with Gasteiger partial charge in [0, 0.05) is 12.1 Å². The van der Waals surface area contributed by atoms with Crippen LogP contribution in [0.15, 0.2) is 6.07 Å². The molecule has 19 heavy (non-hydrogen) atoms. The molecule has 1 aromatic heterocycles. The van der Waals surface area contributed by atoms with Gasteiger partial charge in [-0.1, -0.05) is 25.7 Å². The molecule has 0 radical (unpaired) electrons. The van der Waals surface area contributed by atoms with Crippen molar-refractivity contribution in [2.45, 2.75) is 71.1 Å². The number of hydrogen-bond acceptors (Lipinski definition) is 3. The van der Waals surface area contributed by atoms with Crippen molar-refractivity contribution in [1.82, 2.24) is 9.78 Å². The molecule has 1 aliphatic rings. The van der Waals surface area contributed by atoms with Gasteiger partial charge in [0.1, 0.15) is 0 Å². The highest BCUT2D eigenvalue weighted by Gasteiger charge is 2.26. The lowest BCUT2D eigenvalue weighted by Gasteiger charge is -2.27. The van der Waals surface area contributed by atoms with E-state index in [9.17, 15) is 0 Å². The Hall–Kier alpha value is -0.870. The van der Waals surface area contributed by atoms with E-state index in [0.29, 0.717) is 13.2 Å². The third kappa shape index (κ3) is 4.05. The second-order valence-electron chi connectivity index (χ2n) is 5.86. The summed E-state index contributed by atoms with van der Waals surface area (Å²) in [6.07, 6.45) is 7.32. The van der Waals surface area contributed by atoms with Crippen LogP contribution >= 0.6 is 0 Å². The number of rotatable bonds is 5. The van der Waals surface area contributed by atoms with E-state index in [2.05, 4.69) is 18.1 Å². The van der Waals surface area contributed by atoms with E-state index in [4.69, 9.17) is 10.5 Å². The number of aryl methyl sites for hydroxylation is 2. The summed E-state index contributed by atoms with van der Waals surface area (Å²) in [6.45, 7) is 6.30. The minimum Gasteiger partial charge on any atom is -0.373 e. The normalized spacial score (nSPS) is 19.3. The summed E-state index contributed by atoms with van der Waals surface area (Å²) in [7, 11) is 0. The van der Waals surface area contributed by atoms with Crippen LogP contribution in [0.5, 0.6) is 0 Å². The summed E-state index contributed by atoms with van der Waals surface area (Å²) >= 11 is 0. The highest BCUT2D eigenvalue weighted by atomic mass is 16.5. The van der Waals surface area contributed by atoms with Crippen molar-refractivity contribution in [3.8, 4) is 0 Å². The van der Waals surface area contributed by atoms with Gasteiger partial charge in [-0.05, 0) is 32.8 Å². The molecule has 0 amide bonds. The van der Waals surface area contributed by atoms with Gasteiger partial charge in [-0.15, -0.1) is 0 Å². The van der Waals surface area contributed by atoms with E-state index in [1.807, 2.05) is 11.6 Å². The Morgan fingerprint density at radius 3 is 2.63 bits per heavy atom. The van der Waals surface area contributed by atoms with Gasteiger partial charge in [0.2, 0.25) is 0 Å². The first-order valence-corrected chi connectivity index (χ1v) is 7.53. The van der Waals surface area contributed by atoms with Gasteiger partial charge < -0.3 is 10.5 Å². The van der Waals surface area contributed by atoms with E-state index in [1.54, 1.807) is 0 Å². The fourth-order valence-corrected chi connectivity index (χ4v) is 2.92. The molecule has 1 aliphatic carbocycles. The van der Waals surface area contributed by atoms with Crippen LogP contribution in [0.1, 0.15) is 56.8 Å². The third-order valence-corrected chi connectivity index (χ3v) is 4.02. The Labute approximate surface area is 116 Å². The molecule has 1 saturated carbocycles. The zero-order valence-electron chi connectivity index (χ0n) is 12.3. The molecule has 0 atom stereocenters. The first-order valence-electron chi connectivity index (χ1n) is 7.53. The Balaban J connectivity index is 1.85. The van der Waals surface area contributed by atoms with Gasteiger partial charge >= 0.3 is 0 Å².